The Balaban J connectivity index is 0.000000174. The van der Waals surface area contributed by atoms with Crippen LogP contribution in [0.15, 0.2) is 114 Å². The summed E-state index contributed by atoms with van der Waals surface area (Å²) in [5.41, 5.74) is 6.93. The van der Waals surface area contributed by atoms with Gasteiger partial charge in [-0.3, -0.25) is 0 Å². The molecule has 8 rings (SSSR count). The van der Waals surface area contributed by atoms with Gasteiger partial charge < -0.3 is 14.4 Å². The number of hydrogen-bond acceptors (Lipinski definition) is 4. The van der Waals surface area contributed by atoms with Gasteiger partial charge in [0.25, 0.3) is 0 Å². The first-order valence-electron chi connectivity index (χ1n) is 14.4. The van der Waals surface area contributed by atoms with E-state index in [4.69, 9.17) is 9.40 Å². The van der Waals surface area contributed by atoms with Crippen LogP contribution in [0.3, 0.4) is 0 Å². The fourth-order valence-corrected chi connectivity index (χ4v) is 7.62. The molecule has 0 aliphatic carbocycles. The zero-order valence-electron chi connectivity index (χ0n) is 24.9. The summed E-state index contributed by atoms with van der Waals surface area (Å²) in [4.78, 5) is 9.28. The molecule has 0 aliphatic heterocycles. The molecule has 0 saturated carbocycles. The molecule has 4 aromatic carbocycles. The smallest absolute Gasteiger partial charge is 0.120 e. The summed E-state index contributed by atoms with van der Waals surface area (Å²) in [7, 11) is -1.23. The fraction of sp³-hybridized carbons (Fsp3) is 0.105. The van der Waals surface area contributed by atoms with Gasteiger partial charge in [0.05, 0.1) is 13.7 Å². The van der Waals surface area contributed by atoms with Crippen molar-refractivity contribution >= 4 is 66.7 Å². The third kappa shape index (κ3) is 5.67. The number of rotatable bonds is 3. The number of furan rings is 1. The summed E-state index contributed by atoms with van der Waals surface area (Å²) in [6, 6.07) is 39.6. The second-order valence-corrected chi connectivity index (χ2v) is 17.9. The van der Waals surface area contributed by atoms with Crippen LogP contribution in [0.4, 0.5) is 0 Å². The number of benzene rings is 4. The van der Waals surface area contributed by atoms with Crippen molar-refractivity contribution in [1.29, 1.82) is 0 Å². The van der Waals surface area contributed by atoms with Gasteiger partial charge in [0.1, 0.15) is 5.58 Å². The van der Waals surface area contributed by atoms with E-state index in [0.29, 0.717) is 0 Å². The average Bonchev–Trinajstić information content (AvgIpc) is 3.60. The Kier molecular flexibility index (Phi) is 8.36. The quantitative estimate of drug-likeness (QED) is 0.132. The number of para-hydroxylation sites is 1. The first-order chi connectivity index (χ1) is 20.9. The van der Waals surface area contributed by atoms with E-state index in [1.165, 1.54) is 30.9 Å². The number of hydrogen-bond donors (Lipinski definition) is 0. The molecular formula is C38H30IrN2OSSi-2. The Hall–Kier alpha value is -3.93. The molecular weight excluding hydrogens is 753 g/mol. The van der Waals surface area contributed by atoms with Gasteiger partial charge in [0.15, 0.2) is 0 Å². The van der Waals surface area contributed by atoms with Crippen LogP contribution in [0.25, 0.3) is 64.6 Å². The van der Waals surface area contributed by atoms with Crippen LogP contribution in [-0.4, -0.2) is 18.0 Å². The molecule has 4 heterocycles. The van der Waals surface area contributed by atoms with Gasteiger partial charge in [0.2, 0.25) is 0 Å². The molecule has 0 saturated heterocycles. The minimum Gasteiger partial charge on any atom is -0.501 e. The predicted molar refractivity (Wildman–Crippen MR) is 185 cm³/mol. The van der Waals surface area contributed by atoms with Crippen molar-refractivity contribution in [3.8, 4) is 22.5 Å². The number of aryl methyl sites for hydroxylation is 1. The monoisotopic (exact) mass is 783 g/mol. The largest absolute Gasteiger partial charge is 0.501 e. The van der Waals surface area contributed by atoms with E-state index >= 15 is 0 Å². The molecule has 8 aromatic rings. The van der Waals surface area contributed by atoms with Crippen molar-refractivity contribution in [2.24, 2.45) is 0 Å². The maximum absolute atomic E-state index is 6.16. The summed E-state index contributed by atoms with van der Waals surface area (Å²) in [6.45, 7) is 9.16. The van der Waals surface area contributed by atoms with E-state index in [2.05, 4.69) is 92.2 Å². The van der Waals surface area contributed by atoms with Crippen LogP contribution in [0.2, 0.25) is 19.6 Å². The summed E-state index contributed by atoms with van der Waals surface area (Å²) < 4.78 is 8.73. The van der Waals surface area contributed by atoms with Crippen molar-refractivity contribution in [3.63, 3.8) is 0 Å². The number of fused-ring (bicyclic) bond motifs is 6. The van der Waals surface area contributed by atoms with Crippen molar-refractivity contribution in [2.75, 3.05) is 0 Å². The summed E-state index contributed by atoms with van der Waals surface area (Å²) in [6.07, 6.45) is 4.00. The minimum absolute atomic E-state index is 0. The molecule has 44 heavy (non-hydrogen) atoms. The van der Waals surface area contributed by atoms with Gasteiger partial charge in [-0.05, 0) is 35.1 Å². The Morgan fingerprint density at radius 3 is 2.27 bits per heavy atom. The number of thiophene rings is 1. The van der Waals surface area contributed by atoms with E-state index < -0.39 is 8.07 Å². The standard InChI is InChI=1S/C24H14NOS.C14H16NSi.Ir/c1-14-6-4-9-17-19-13-25-20(12-22(19)27-24(14)17)18-10-5-8-16-15-7-2-3-11-21(15)26-23(16)18;1-16(2,3)13-9-10-14(15-11-13)12-7-5-4-6-8-12;/h2-9,11-13H,1H3;4-7,9-11H,1-3H3;/q2*-1;. The normalized spacial score (nSPS) is 11.5. The maximum atomic E-state index is 6.16. The summed E-state index contributed by atoms with van der Waals surface area (Å²) in [5.74, 6) is 0. The van der Waals surface area contributed by atoms with Gasteiger partial charge in [-0.25, -0.2) is 0 Å². The Morgan fingerprint density at radius 2 is 1.50 bits per heavy atom. The predicted octanol–water partition coefficient (Wildman–Crippen LogP) is 10.2. The molecule has 219 valence electrons. The molecule has 0 fully saturated rings. The van der Waals surface area contributed by atoms with E-state index in [1.54, 1.807) is 0 Å². The van der Waals surface area contributed by atoms with E-state index in [0.717, 1.165) is 44.5 Å². The molecule has 0 N–H and O–H groups in total. The van der Waals surface area contributed by atoms with Crippen LogP contribution >= 0.6 is 11.3 Å². The first-order valence-corrected chi connectivity index (χ1v) is 18.7. The van der Waals surface area contributed by atoms with Crippen LogP contribution in [0.1, 0.15) is 5.56 Å². The SMILES string of the molecule is C[Si](C)(C)c1ccc(-c2[c-]cccc2)nc1.Cc1cccc2c1sc1cc(-c3[c-]ccc4c3oc3ccccc34)ncc12.[Ir]. The van der Waals surface area contributed by atoms with Gasteiger partial charge in [-0.1, -0.05) is 85.2 Å². The zero-order valence-corrected chi connectivity index (χ0v) is 29.1. The van der Waals surface area contributed by atoms with Crippen molar-refractivity contribution in [3.05, 3.63) is 127 Å². The van der Waals surface area contributed by atoms with Crippen LogP contribution in [0, 0.1) is 19.1 Å². The van der Waals surface area contributed by atoms with Crippen molar-refractivity contribution in [2.45, 2.75) is 26.6 Å². The third-order valence-corrected chi connectivity index (χ3v) is 11.1. The molecule has 0 amide bonds. The van der Waals surface area contributed by atoms with Gasteiger partial charge in [-0.2, -0.15) is 0 Å². The minimum atomic E-state index is -1.23. The number of aromatic nitrogens is 2. The van der Waals surface area contributed by atoms with E-state index in [9.17, 15) is 0 Å². The fourth-order valence-electron chi connectivity index (χ4n) is 5.40. The van der Waals surface area contributed by atoms with Crippen LogP contribution in [0.5, 0.6) is 0 Å². The molecule has 3 nitrogen and oxygen atoms in total. The first kappa shape index (κ1) is 30.1. The zero-order chi connectivity index (χ0) is 29.6. The second-order valence-electron chi connectivity index (χ2n) is 11.8. The molecule has 0 spiro atoms. The van der Waals surface area contributed by atoms with Gasteiger partial charge in [-0.15, -0.1) is 65.4 Å². The van der Waals surface area contributed by atoms with Crippen LogP contribution < -0.4 is 5.19 Å². The molecule has 1 radical (unpaired) electrons. The Bertz CT molecular complexity index is 2230. The average molecular weight is 783 g/mol. The van der Waals surface area contributed by atoms with Crippen LogP contribution in [-0.2, 0) is 20.1 Å². The van der Waals surface area contributed by atoms with Crippen molar-refractivity contribution < 1.29 is 24.5 Å². The third-order valence-electron chi connectivity index (χ3n) is 7.79. The molecule has 4 aromatic heterocycles. The van der Waals surface area contributed by atoms with Gasteiger partial charge in [0, 0.05) is 58.1 Å². The molecule has 0 unspecified atom stereocenters. The molecule has 6 heteroatoms. The maximum Gasteiger partial charge on any atom is 0.120 e. The molecule has 0 bridgehead atoms. The molecule has 0 atom stereocenters. The Labute approximate surface area is 276 Å². The van der Waals surface area contributed by atoms with Gasteiger partial charge >= 0.3 is 0 Å². The Morgan fingerprint density at radius 1 is 0.705 bits per heavy atom. The van der Waals surface area contributed by atoms with Crippen molar-refractivity contribution in [1.82, 2.24) is 9.97 Å². The number of nitrogens with zero attached hydrogens (tertiary/aromatic N) is 2. The van der Waals surface area contributed by atoms with E-state index in [1.807, 2.05) is 72.3 Å². The summed E-state index contributed by atoms with van der Waals surface area (Å²) >= 11 is 1.82. The topological polar surface area (TPSA) is 38.9 Å². The number of pyridine rings is 2. The van der Waals surface area contributed by atoms with E-state index in [-0.39, 0.29) is 20.1 Å². The molecule has 0 aliphatic rings. The second kappa shape index (κ2) is 12.2. The summed E-state index contributed by atoms with van der Waals surface area (Å²) in [5, 5.41) is 6.11.